The number of amides is 1. The Morgan fingerprint density at radius 2 is 1.76 bits per heavy atom. The van der Waals surface area contributed by atoms with Crippen molar-refractivity contribution in [3.8, 4) is 5.69 Å². The predicted molar refractivity (Wildman–Crippen MR) is 135 cm³/mol. The molecule has 6 heteroatoms. The Balaban J connectivity index is 1.61. The fourth-order valence-electron chi connectivity index (χ4n) is 3.90. The molecule has 0 radical (unpaired) electrons. The fourth-order valence-corrected chi connectivity index (χ4v) is 3.90. The van der Waals surface area contributed by atoms with Crippen molar-refractivity contribution < 1.29 is 9.53 Å². The number of aryl methyl sites for hydroxylation is 1. The van der Waals surface area contributed by atoms with Gasteiger partial charge in [0.05, 0.1) is 11.4 Å². The van der Waals surface area contributed by atoms with Crippen molar-refractivity contribution >= 4 is 11.6 Å². The summed E-state index contributed by atoms with van der Waals surface area (Å²) in [5.41, 5.74) is 11.5. The lowest BCUT2D eigenvalue weighted by molar-refractivity contribution is 0.0806. The lowest BCUT2D eigenvalue weighted by atomic mass is 10.0. The van der Waals surface area contributed by atoms with Gasteiger partial charge in [0.2, 0.25) is 0 Å². The molecule has 0 aliphatic rings. The third-order valence-electron chi connectivity index (χ3n) is 5.49. The SMILES string of the molecule is CCCOC(c1ccccc1)c1cccc(NC(=O)c2cc(C)nn2-c2cccc(CN)c2)c1. The van der Waals surface area contributed by atoms with Gasteiger partial charge >= 0.3 is 0 Å². The second-order valence-electron chi connectivity index (χ2n) is 8.20. The number of hydrogen-bond donors (Lipinski definition) is 2. The highest BCUT2D eigenvalue weighted by atomic mass is 16.5. The number of nitrogens with two attached hydrogens (primary N) is 1. The van der Waals surface area contributed by atoms with Crippen LogP contribution in [0, 0.1) is 6.92 Å². The molecular formula is C28H30N4O2. The third kappa shape index (κ3) is 5.42. The van der Waals surface area contributed by atoms with E-state index in [-0.39, 0.29) is 12.0 Å². The molecule has 1 unspecified atom stereocenters. The van der Waals surface area contributed by atoms with Crippen LogP contribution in [-0.4, -0.2) is 22.3 Å². The van der Waals surface area contributed by atoms with Crippen LogP contribution in [0.1, 0.15) is 52.3 Å². The molecule has 0 aliphatic heterocycles. The van der Waals surface area contributed by atoms with Crippen LogP contribution < -0.4 is 11.1 Å². The topological polar surface area (TPSA) is 82.2 Å². The second-order valence-corrected chi connectivity index (χ2v) is 8.20. The summed E-state index contributed by atoms with van der Waals surface area (Å²) in [5, 5.41) is 7.57. The van der Waals surface area contributed by atoms with E-state index in [1.54, 1.807) is 10.7 Å². The minimum Gasteiger partial charge on any atom is -0.369 e. The van der Waals surface area contributed by atoms with Gasteiger partial charge in [-0.25, -0.2) is 4.68 Å². The van der Waals surface area contributed by atoms with Crippen LogP contribution in [0.5, 0.6) is 0 Å². The van der Waals surface area contributed by atoms with E-state index in [9.17, 15) is 4.79 Å². The van der Waals surface area contributed by atoms with E-state index in [4.69, 9.17) is 10.5 Å². The quantitative estimate of drug-likeness (QED) is 0.354. The first-order valence-corrected chi connectivity index (χ1v) is 11.5. The number of nitrogens with one attached hydrogen (secondary N) is 1. The van der Waals surface area contributed by atoms with Crippen LogP contribution >= 0.6 is 0 Å². The molecule has 1 amide bonds. The molecular weight excluding hydrogens is 424 g/mol. The molecule has 0 saturated carbocycles. The van der Waals surface area contributed by atoms with Gasteiger partial charge in [-0.3, -0.25) is 4.79 Å². The summed E-state index contributed by atoms with van der Waals surface area (Å²) >= 11 is 0. The molecule has 4 aromatic rings. The largest absolute Gasteiger partial charge is 0.369 e. The lowest BCUT2D eigenvalue weighted by Gasteiger charge is -2.19. The van der Waals surface area contributed by atoms with Gasteiger partial charge < -0.3 is 15.8 Å². The van der Waals surface area contributed by atoms with Crippen LogP contribution in [0.3, 0.4) is 0 Å². The van der Waals surface area contributed by atoms with Crippen molar-refractivity contribution in [1.29, 1.82) is 0 Å². The molecule has 3 N–H and O–H groups in total. The lowest BCUT2D eigenvalue weighted by Crippen LogP contribution is -2.17. The van der Waals surface area contributed by atoms with Crippen LogP contribution in [0.15, 0.2) is 84.9 Å². The van der Waals surface area contributed by atoms with E-state index in [2.05, 4.69) is 29.5 Å². The first kappa shape index (κ1) is 23.4. The zero-order valence-electron chi connectivity index (χ0n) is 19.6. The van der Waals surface area contributed by atoms with E-state index in [0.29, 0.717) is 24.5 Å². The highest BCUT2D eigenvalue weighted by Gasteiger charge is 2.18. The molecule has 0 fully saturated rings. The average Bonchev–Trinajstić information content (AvgIpc) is 3.27. The smallest absolute Gasteiger partial charge is 0.274 e. The summed E-state index contributed by atoms with van der Waals surface area (Å²) in [6.07, 6.45) is 0.721. The summed E-state index contributed by atoms with van der Waals surface area (Å²) in [6, 6.07) is 27.4. The van der Waals surface area contributed by atoms with Crippen molar-refractivity contribution in [3.05, 3.63) is 113 Å². The van der Waals surface area contributed by atoms with Gasteiger partial charge in [-0.1, -0.05) is 61.5 Å². The minimum absolute atomic E-state index is 0.204. The summed E-state index contributed by atoms with van der Waals surface area (Å²) in [5.74, 6) is -0.235. The Morgan fingerprint density at radius 1 is 1.00 bits per heavy atom. The normalized spacial score (nSPS) is 11.9. The highest BCUT2D eigenvalue weighted by molar-refractivity contribution is 6.03. The van der Waals surface area contributed by atoms with Crippen molar-refractivity contribution in [1.82, 2.24) is 9.78 Å². The standard InChI is InChI=1S/C28H30N4O2/c1-3-15-34-27(22-10-5-4-6-11-22)23-12-8-13-24(18-23)30-28(33)26-16-20(2)31-32(26)25-14-7-9-21(17-25)19-29/h4-14,16-18,27H,3,15,19,29H2,1-2H3,(H,30,33). The van der Waals surface area contributed by atoms with Gasteiger partial charge in [0, 0.05) is 18.8 Å². The molecule has 1 heterocycles. The zero-order chi connectivity index (χ0) is 23.9. The summed E-state index contributed by atoms with van der Waals surface area (Å²) in [6.45, 7) is 5.03. The Kier molecular flexibility index (Phi) is 7.52. The molecule has 0 aliphatic carbocycles. The number of anilines is 1. The van der Waals surface area contributed by atoms with Gasteiger partial charge in [-0.05, 0) is 60.4 Å². The molecule has 34 heavy (non-hydrogen) atoms. The number of ether oxygens (including phenoxy) is 1. The number of rotatable bonds is 9. The summed E-state index contributed by atoms with van der Waals surface area (Å²) in [7, 11) is 0. The van der Waals surface area contributed by atoms with Crippen LogP contribution in [-0.2, 0) is 11.3 Å². The molecule has 6 nitrogen and oxygen atoms in total. The second kappa shape index (κ2) is 10.9. The number of benzene rings is 3. The number of aromatic nitrogens is 2. The molecule has 0 saturated heterocycles. The van der Waals surface area contributed by atoms with E-state index < -0.39 is 0 Å². The highest BCUT2D eigenvalue weighted by Crippen LogP contribution is 2.28. The Labute approximate surface area is 200 Å². The van der Waals surface area contributed by atoms with Gasteiger partial charge in [0.15, 0.2) is 0 Å². The van der Waals surface area contributed by atoms with Crippen LogP contribution in [0.4, 0.5) is 5.69 Å². The molecule has 0 spiro atoms. The Morgan fingerprint density at radius 3 is 2.53 bits per heavy atom. The molecule has 3 aromatic carbocycles. The van der Waals surface area contributed by atoms with E-state index in [0.717, 1.165) is 34.5 Å². The molecule has 1 atom stereocenters. The monoisotopic (exact) mass is 454 g/mol. The number of carbonyl (C=O) groups excluding carboxylic acids is 1. The molecule has 0 bridgehead atoms. The van der Waals surface area contributed by atoms with Crippen molar-refractivity contribution in [2.24, 2.45) is 5.73 Å². The number of hydrogen-bond acceptors (Lipinski definition) is 4. The maximum atomic E-state index is 13.3. The predicted octanol–water partition coefficient (Wildman–Crippen LogP) is 5.41. The fraction of sp³-hybridized carbons (Fsp3) is 0.214. The summed E-state index contributed by atoms with van der Waals surface area (Å²) < 4.78 is 7.83. The summed E-state index contributed by atoms with van der Waals surface area (Å²) in [4.78, 5) is 13.3. The Hall–Kier alpha value is -3.74. The number of nitrogens with zero attached hydrogens (tertiary/aromatic N) is 2. The van der Waals surface area contributed by atoms with Crippen molar-refractivity contribution in [2.45, 2.75) is 32.9 Å². The minimum atomic E-state index is -0.235. The van der Waals surface area contributed by atoms with E-state index >= 15 is 0 Å². The first-order valence-electron chi connectivity index (χ1n) is 11.5. The van der Waals surface area contributed by atoms with Gasteiger partial charge in [0.25, 0.3) is 5.91 Å². The Bertz CT molecular complexity index is 1250. The van der Waals surface area contributed by atoms with Crippen molar-refractivity contribution in [2.75, 3.05) is 11.9 Å². The van der Waals surface area contributed by atoms with Crippen molar-refractivity contribution in [3.63, 3.8) is 0 Å². The van der Waals surface area contributed by atoms with Crippen LogP contribution in [0.25, 0.3) is 5.69 Å². The van der Waals surface area contributed by atoms with Gasteiger partial charge in [-0.2, -0.15) is 5.10 Å². The maximum Gasteiger partial charge on any atom is 0.274 e. The zero-order valence-corrected chi connectivity index (χ0v) is 19.6. The third-order valence-corrected chi connectivity index (χ3v) is 5.49. The first-order chi connectivity index (χ1) is 16.6. The molecule has 174 valence electrons. The van der Waals surface area contributed by atoms with Gasteiger partial charge in [-0.15, -0.1) is 0 Å². The number of carbonyl (C=O) groups is 1. The molecule has 4 rings (SSSR count). The maximum absolute atomic E-state index is 13.3. The van der Waals surface area contributed by atoms with E-state index in [1.807, 2.05) is 73.7 Å². The average molecular weight is 455 g/mol. The molecule has 1 aromatic heterocycles. The van der Waals surface area contributed by atoms with E-state index in [1.165, 1.54) is 0 Å². The van der Waals surface area contributed by atoms with Gasteiger partial charge in [0.1, 0.15) is 11.8 Å². The van der Waals surface area contributed by atoms with Crippen LogP contribution in [0.2, 0.25) is 0 Å².